The highest BCUT2D eigenvalue weighted by atomic mass is 16.3. The lowest BCUT2D eigenvalue weighted by atomic mass is 10.1. The lowest BCUT2D eigenvalue weighted by Crippen LogP contribution is -2.20. The molecule has 0 aromatic heterocycles. The van der Waals surface area contributed by atoms with Gasteiger partial charge >= 0.3 is 0 Å². The van der Waals surface area contributed by atoms with Crippen LogP contribution < -0.4 is 5.32 Å². The summed E-state index contributed by atoms with van der Waals surface area (Å²) in [5, 5.41) is 11.3. The minimum atomic E-state index is -0.153. The maximum absolute atomic E-state index is 10.7. The fourth-order valence-electron chi connectivity index (χ4n) is 0.498. The van der Waals surface area contributed by atoms with Crippen LogP contribution in [-0.2, 0) is 4.79 Å². The van der Waals surface area contributed by atoms with Crippen molar-refractivity contribution in [1.29, 1.82) is 0 Å². The molecule has 0 heterocycles. The van der Waals surface area contributed by atoms with E-state index in [9.17, 15) is 4.79 Å². The molecular formula is C7H13NO2. The van der Waals surface area contributed by atoms with Crippen LogP contribution in [0.4, 0.5) is 0 Å². The Labute approximate surface area is 60.7 Å². The van der Waals surface area contributed by atoms with E-state index in [0.717, 1.165) is 0 Å². The van der Waals surface area contributed by atoms with Crippen molar-refractivity contribution in [2.45, 2.75) is 13.3 Å². The molecule has 3 nitrogen and oxygen atoms in total. The molecule has 0 aliphatic carbocycles. The molecule has 1 amide bonds. The molecule has 0 aromatic carbocycles. The van der Waals surface area contributed by atoms with Gasteiger partial charge in [-0.15, -0.1) is 0 Å². The fraction of sp³-hybridized carbons (Fsp3) is 0.571. The first-order chi connectivity index (χ1) is 4.57. The molecular weight excluding hydrogens is 130 g/mol. The molecule has 0 aliphatic heterocycles. The van der Waals surface area contributed by atoms with Gasteiger partial charge in [0.2, 0.25) is 5.91 Å². The molecule has 1 unspecified atom stereocenters. The van der Waals surface area contributed by atoms with Crippen LogP contribution in [0.15, 0.2) is 12.3 Å². The molecule has 0 aliphatic rings. The average Bonchev–Trinajstić information content (AvgIpc) is 1.87. The Bertz CT molecular complexity index is 143. The normalized spacial score (nSPS) is 12.2. The summed E-state index contributed by atoms with van der Waals surface area (Å²) < 4.78 is 0. The van der Waals surface area contributed by atoms with Crippen molar-refractivity contribution < 1.29 is 9.90 Å². The first kappa shape index (κ1) is 9.01. The van der Waals surface area contributed by atoms with Crippen molar-refractivity contribution in [1.82, 2.24) is 5.32 Å². The van der Waals surface area contributed by atoms with Crippen molar-refractivity contribution >= 4 is 5.91 Å². The smallest absolute Gasteiger partial charge is 0.220 e. The second-order valence-electron chi connectivity index (χ2n) is 2.27. The lowest BCUT2D eigenvalue weighted by Gasteiger charge is -2.06. The van der Waals surface area contributed by atoms with Crippen LogP contribution in [0, 0.1) is 5.92 Å². The molecule has 0 bridgehead atoms. The van der Waals surface area contributed by atoms with Crippen molar-refractivity contribution in [2.75, 3.05) is 7.05 Å². The molecule has 0 fully saturated rings. The zero-order valence-electron chi connectivity index (χ0n) is 6.35. The van der Waals surface area contributed by atoms with Crippen molar-refractivity contribution in [3.63, 3.8) is 0 Å². The maximum atomic E-state index is 10.7. The summed E-state index contributed by atoms with van der Waals surface area (Å²) in [6, 6.07) is 0. The Kier molecular flexibility index (Phi) is 3.54. The topological polar surface area (TPSA) is 49.3 Å². The molecule has 58 valence electrons. The molecule has 3 heteroatoms. The molecule has 0 radical (unpaired) electrons. The largest absolute Gasteiger partial charge is 0.513 e. The molecule has 0 spiro atoms. The fourth-order valence-corrected chi connectivity index (χ4v) is 0.498. The summed E-state index contributed by atoms with van der Waals surface area (Å²) in [4.78, 5) is 10.7. The Morgan fingerprint density at radius 3 is 2.60 bits per heavy atom. The zero-order valence-corrected chi connectivity index (χ0v) is 6.35. The SMILES string of the molecule is C=C(O)C(C)CC(=O)NC. The van der Waals surface area contributed by atoms with E-state index in [1.54, 1.807) is 14.0 Å². The van der Waals surface area contributed by atoms with Gasteiger partial charge in [-0.3, -0.25) is 4.79 Å². The maximum Gasteiger partial charge on any atom is 0.220 e. The standard InChI is InChI=1S/C7H13NO2/c1-5(6(2)9)4-7(10)8-3/h5,9H,2,4H2,1,3H3,(H,8,10). The van der Waals surface area contributed by atoms with E-state index < -0.39 is 0 Å². The molecule has 2 N–H and O–H groups in total. The third kappa shape index (κ3) is 3.12. The van der Waals surface area contributed by atoms with Gasteiger partial charge in [0, 0.05) is 19.4 Å². The van der Waals surface area contributed by atoms with Crippen LogP contribution in [0.2, 0.25) is 0 Å². The minimum Gasteiger partial charge on any atom is -0.513 e. The number of amides is 1. The van der Waals surface area contributed by atoms with E-state index in [1.807, 2.05) is 0 Å². The first-order valence-electron chi connectivity index (χ1n) is 3.16. The molecule has 10 heavy (non-hydrogen) atoms. The van der Waals surface area contributed by atoms with E-state index in [4.69, 9.17) is 5.11 Å². The van der Waals surface area contributed by atoms with Gasteiger partial charge in [0.05, 0.1) is 5.76 Å². The average molecular weight is 143 g/mol. The summed E-state index contributed by atoms with van der Waals surface area (Å²) >= 11 is 0. The Balaban J connectivity index is 3.68. The van der Waals surface area contributed by atoms with Crippen LogP contribution in [-0.4, -0.2) is 18.1 Å². The lowest BCUT2D eigenvalue weighted by molar-refractivity contribution is -0.121. The number of rotatable bonds is 3. The number of nitrogens with one attached hydrogen (secondary N) is 1. The summed E-state index contributed by atoms with van der Waals surface area (Å²) in [6.07, 6.45) is 0.297. The number of carbonyl (C=O) groups excluding carboxylic acids is 1. The second kappa shape index (κ2) is 3.93. The molecule has 0 saturated heterocycles. The van der Waals surface area contributed by atoms with Crippen LogP contribution in [0.3, 0.4) is 0 Å². The molecule has 1 atom stereocenters. The van der Waals surface area contributed by atoms with Gasteiger partial charge in [-0.05, 0) is 0 Å². The van der Waals surface area contributed by atoms with Gasteiger partial charge < -0.3 is 10.4 Å². The molecule has 0 rings (SSSR count). The van der Waals surface area contributed by atoms with Gasteiger partial charge in [0.1, 0.15) is 0 Å². The highest BCUT2D eigenvalue weighted by Gasteiger charge is 2.08. The minimum absolute atomic E-state index is 0.0589. The highest BCUT2D eigenvalue weighted by Crippen LogP contribution is 2.08. The predicted octanol–water partition coefficient (Wildman–Crippen LogP) is 0.830. The molecule has 0 saturated carbocycles. The Morgan fingerprint density at radius 1 is 1.80 bits per heavy atom. The monoisotopic (exact) mass is 143 g/mol. The van der Waals surface area contributed by atoms with Crippen LogP contribution in [0.1, 0.15) is 13.3 Å². The summed E-state index contributed by atoms with van der Waals surface area (Å²) in [5.41, 5.74) is 0. The second-order valence-corrected chi connectivity index (χ2v) is 2.27. The number of hydrogen-bond acceptors (Lipinski definition) is 2. The Morgan fingerprint density at radius 2 is 2.30 bits per heavy atom. The number of allylic oxidation sites excluding steroid dienone is 1. The van der Waals surface area contributed by atoms with E-state index in [-0.39, 0.29) is 17.6 Å². The van der Waals surface area contributed by atoms with E-state index in [0.29, 0.717) is 6.42 Å². The van der Waals surface area contributed by atoms with Gasteiger partial charge in [-0.25, -0.2) is 0 Å². The van der Waals surface area contributed by atoms with Gasteiger partial charge in [-0.2, -0.15) is 0 Å². The number of carbonyl (C=O) groups is 1. The van der Waals surface area contributed by atoms with E-state index >= 15 is 0 Å². The molecule has 0 aromatic rings. The highest BCUT2D eigenvalue weighted by molar-refractivity contribution is 5.75. The number of aliphatic hydroxyl groups excluding tert-OH is 1. The number of aliphatic hydroxyl groups is 1. The van der Waals surface area contributed by atoms with Crippen LogP contribution >= 0.6 is 0 Å². The predicted molar refractivity (Wildman–Crippen MR) is 39.6 cm³/mol. The summed E-state index contributed by atoms with van der Waals surface area (Å²) in [6.45, 7) is 5.07. The third-order valence-electron chi connectivity index (χ3n) is 1.34. The third-order valence-corrected chi connectivity index (χ3v) is 1.34. The van der Waals surface area contributed by atoms with Crippen molar-refractivity contribution in [3.05, 3.63) is 12.3 Å². The van der Waals surface area contributed by atoms with E-state index in [2.05, 4.69) is 11.9 Å². The summed E-state index contributed by atoms with van der Waals surface area (Å²) in [5.74, 6) is -0.175. The van der Waals surface area contributed by atoms with Crippen molar-refractivity contribution in [2.24, 2.45) is 5.92 Å². The zero-order chi connectivity index (χ0) is 8.15. The van der Waals surface area contributed by atoms with Crippen LogP contribution in [0.25, 0.3) is 0 Å². The first-order valence-corrected chi connectivity index (χ1v) is 3.16. The van der Waals surface area contributed by atoms with Gasteiger partial charge in [0.15, 0.2) is 0 Å². The quantitative estimate of drug-likeness (QED) is 0.575. The summed E-state index contributed by atoms with van der Waals surface area (Å²) in [7, 11) is 1.56. The number of hydrogen-bond donors (Lipinski definition) is 2. The van der Waals surface area contributed by atoms with E-state index in [1.165, 1.54) is 0 Å². The van der Waals surface area contributed by atoms with Crippen LogP contribution in [0.5, 0.6) is 0 Å². The van der Waals surface area contributed by atoms with Gasteiger partial charge in [-0.1, -0.05) is 13.5 Å². The van der Waals surface area contributed by atoms with Gasteiger partial charge in [0.25, 0.3) is 0 Å². The van der Waals surface area contributed by atoms with Crippen molar-refractivity contribution in [3.8, 4) is 0 Å². The Hall–Kier alpha value is -0.990.